The van der Waals surface area contributed by atoms with Crippen LogP contribution in [0.1, 0.15) is 6.42 Å². The van der Waals surface area contributed by atoms with E-state index < -0.39 is 10.0 Å². The molecule has 0 radical (unpaired) electrons. The maximum absolute atomic E-state index is 12.5. The first-order valence-corrected chi connectivity index (χ1v) is 8.45. The summed E-state index contributed by atoms with van der Waals surface area (Å²) in [5.74, 6) is 0. The van der Waals surface area contributed by atoms with Crippen LogP contribution in [0.5, 0.6) is 0 Å². The van der Waals surface area contributed by atoms with E-state index in [0.717, 1.165) is 10.9 Å². The number of rotatable bonds is 3. The number of sulfonamides is 1. The van der Waals surface area contributed by atoms with Crippen LogP contribution in [0.3, 0.4) is 0 Å². The Hall–Kier alpha value is 0.0500. The lowest BCUT2D eigenvalue weighted by atomic mass is 10.3. The summed E-state index contributed by atoms with van der Waals surface area (Å²) in [5.41, 5.74) is 0. The molecule has 1 unspecified atom stereocenters. The molecule has 0 aromatic heterocycles. The lowest BCUT2D eigenvalue weighted by Crippen LogP contribution is -2.30. The minimum atomic E-state index is -3.44. The van der Waals surface area contributed by atoms with Gasteiger partial charge in [-0.3, -0.25) is 0 Å². The van der Waals surface area contributed by atoms with Crippen molar-refractivity contribution < 1.29 is 13.2 Å². The maximum Gasteiger partial charge on any atom is 0.244 e. The molecule has 2 rings (SSSR count). The second kappa shape index (κ2) is 5.58. The highest BCUT2D eigenvalue weighted by atomic mass is 79.9. The lowest BCUT2D eigenvalue weighted by Gasteiger charge is -2.17. The van der Waals surface area contributed by atoms with Crippen molar-refractivity contribution in [3.05, 3.63) is 27.1 Å². The van der Waals surface area contributed by atoms with Crippen molar-refractivity contribution >= 4 is 41.9 Å². The zero-order chi connectivity index (χ0) is 13.3. The molecule has 1 saturated heterocycles. The van der Waals surface area contributed by atoms with Crippen molar-refractivity contribution in [2.75, 3.05) is 20.2 Å². The van der Waals surface area contributed by atoms with E-state index in [1.54, 1.807) is 25.3 Å². The summed E-state index contributed by atoms with van der Waals surface area (Å²) < 4.78 is 33.0. The summed E-state index contributed by atoms with van der Waals surface area (Å²) in [7, 11) is -1.84. The predicted octanol–water partition coefficient (Wildman–Crippen LogP) is 2.62. The fourth-order valence-electron chi connectivity index (χ4n) is 1.93. The molecule has 4 nitrogen and oxygen atoms in total. The van der Waals surface area contributed by atoms with E-state index in [2.05, 4.69) is 31.9 Å². The van der Waals surface area contributed by atoms with Crippen molar-refractivity contribution in [3.63, 3.8) is 0 Å². The molecule has 1 atom stereocenters. The number of ether oxygens (including phenoxy) is 1. The third-order valence-electron chi connectivity index (χ3n) is 2.95. The van der Waals surface area contributed by atoms with Gasteiger partial charge in [-0.15, -0.1) is 0 Å². The van der Waals surface area contributed by atoms with Crippen molar-refractivity contribution in [1.82, 2.24) is 4.31 Å². The Morgan fingerprint density at radius 2 is 2.11 bits per heavy atom. The van der Waals surface area contributed by atoms with E-state index in [-0.39, 0.29) is 6.10 Å². The fraction of sp³-hybridized carbons (Fsp3) is 0.455. The highest BCUT2D eigenvalue weighted by molar-refractivity contribution is 9.11. The predicted molar refractivity (Wildman–Crippen MR) is 76.0 cm³/mol. The summed E-state index contributed by atoms with van der Waals surface area (Å²) in [4.78, 5) is 0.294. The van der Waals surface area contributed by atoms with Gasteiger partial charge < -0.3 is 4.74 Å². The number of methoxy groups -OCH3 is 1. The van der Waals surface area contributed by atoms with Crippen LogP contribution in [0.25, 0.3) is 0 Å². The Balaban J connectivity index is 2.31. The van der Waals surface area contributed by atoms with Crippen molar-refractivity contribution in [2.24, 2.45) is 0 Å². The Morgan fingerprint density at radius 3 is 2.67 bits per heavy atom. The smallest absolute Gasteiger partial charge is 0.244 e. The summed E-state index contributed by atoms with van der Waals surface area (Å²) in [6.07, 6.45) is 0.734. The fourth-order valence-corrected chi connectivity index (χ4v) is 5.12. The monoisotopic (exact) mass is 397 g/mol. The minimum Gasteiger partial charge on any atom is -0.380 e. The molecule has 0 bridgehead atoms. The first-order valence-electron chi connectivity index (χ1n) is 5.43. The number of halogens is 2. The molecule has 0 amide bonds. The number of hydrogen-bond acceptors (Lipinski definition) is 3. The molecule has 1 aromatic carbocycles. The number of hydrogen-bond donors (Lipinski definition) is 0. The standard InChI is InChI=1S/C11H13Br2NO3S/c1-17-9-4-5-14(7-9)18(15,16)11-3-2-8(12)6-10(11)13/h2-3,6,9H,4-5,7H2,1H3. The lowest BCUT2D eigenvalue weighted by molar-refractivity contribution is 0.115. The molecule has 7 heteroatoms. The van der Waals surface area contributed by atoms with Crippen LogP contribution in [-0.4, -0.2) is 39.0 Å². The molecule has 1 fully saturated rings. The topological polar surface area (TPSA) is 46.6 Å². The highest BCUT2D eigenvalue weighted by Gasteiger charge is 2.33. The molecule has 18 heavy (non-hydrogen) atoms. The van der Waals surface area contributed by atoms with Crippen LogP contribution in [0.2, 0.25) is 0 Å². The van der Waals surface area contributed by atoms with Gasteiger partial charge in [-0.1, -0.05) is 15.9 Å². The van der Waals surface area contributed by atoms with E-state index in [1.165, 1.54) is 4.31 Å². The molecule has 0 spiro atoms. The van der Waals surface area contributed by atoms with Gasteiger partial charge in [0.15, 0.2) is 0 Å². The van der Waals surface area contributed by atoms with Gasteiger partial charge in [0.25, 0.3) is 0 Å². The van der Waals surface area contributed by atoms with Gasteiger partial charge in [-0.25, -0.2) is 8.42 Å². The summed E-state index contributed by atoms with van der Waals surface area (Å²) in [6.45, 7) is 0.921. The van der Waals surface area contributed by atoms with Gasteiger partial charge >= 0.3 is 0 Å². The molecule has 100 valence electrons. The Labute approximate surface area is 124 Å². The third kappa shape index (κ3) is 2.80. The van der Waals surface area contributed by atoms with E-state index in [4.69, 9.17) is 4.74 Å². The summed E-state index contributed by atoms with van der Waals surface area (Å²) in [6, 6.07) is 5.06. The van der Waals surface area contributed by atoms with Crippen LogP contribution in [0, 0.1) is 0 Å². The molecule has 1 heterocycles. The van der Waals surface area contributed by atoms with Crippen LogP contribution < -0.4 is 0 Å². The minimum absolute atomic E-state index is 0.00556. The SMILES string of the molecule is COC1CCN(S(=O)(=O)c2ccc(Br)cc2Br)C1. The molecule has 1 aromatic rings. The number of benzene rings is 1. The average Bonchev–Trinajstić information content (AvgIpc) is 2.77. The molecule has 0 saturated carbocycles. The molecular weight excluding hydrogens is 386 g/mol. The van der Waals surface area contributed by atoms with Crippen molar-refractivity contribution in [2.45, 2.75) is 17.4 Å². The second-order valence-corrected chi connectivity index (χ2v) is 7.76. The van der Waals surface area contributed by atoms with Gasteiger partial charge in [0.2, 0.25) is 10.0 Å². The van der Waals surface area contributed by atoms with Gasteiger partial charge in [-0.05, 0) is 40.5 Å². The Kier molecular flexibility index (Phi) is 4.48. The second-order valence-electron chi connectivity index (χ2n) is 4.08. The first kappa shape index (κ1) is 14.5. The van der Waals surface area contributed by atoms with E-state index >= 15 is 0 Å². The van der Waals surface area contributed by atoms with Gasteiger partial charge in [0, 0.05) is 29.1 Å². The van der Waals surface area contributed by atoms with Crippen molar-refractivity contribution in [1.29, 1.82) is 0 Å². The average molecular weight is 399 g/mol. The van der Waals surface area contributed by atoms with E-state index in [9.17, 15) is 8.42 Å². The van der Waals surface area contributed by atoms with E-state index in [0.29, 0.717) is 22.5 Å². The Morgan fingerprint density at radius 1 is 1.39 bits per heavy atom. The molecule has 1 aliphatic heterocycles. The maximum atomic E-state index is 12.5. The number of nitrogens with zero attached hydrogens (tertiary/aromatic N) is 1. The molecule has 0 N–H and O–H groups in total. The van der Waals surface area contributed by atoms with Gasteiger partial charge in [0.1, 0.15) is 0 Å². The zero-order valence-corrected chi connectivity index (χ0v) is 13.8. The first-order chi connectivity index (χ1) is 8.45. The van der Waals surface area contributed by atoms with Gasteiger partial charge in [0.05, 0.1) is 11.0 Å². The van der Waals surface area contributed by atoms with Crippen LogP contribution >= 0.6 is 31.9 Å². The molecule has 0 aliphatic carbocycles. The van der Waals surface area contributed by atoms with Gasteiger partial charge in [-0.2, -0.15) is 4.31 Å². The quantitative estimate of drug-likeness (QED) is 0.786. The normalized spacial score (nSPS) is 21.4. The molecular formula is C11H13Br2NO3S. The highest BCUT2D eigenvalue weighted by Crippen LogP contribution is 2.30. The van der Waals surface area contributed by atoms with Crippen LogP contribution in [-0.2, 0) is 14.8 Å². The summed E-state index contributed by atoms with van der Waals surface area (Å²) in [5, 5.41) is 0. The zero-order valence-electron chi connectivity index (χ0n) is 9.77. The molecule has 1 aliphatic rings. The largest absolute Gasteiger partial charge is 0.380 e. The Bertz CT molecular complexity index is 547. The third-order valence-corrected chi connectivity index (χ3v) is 6.29. The van der Waals surface area contributed by atoms with Crippen molar-refractivity contribution in [3.8, 4) is 0 Å². The van der Waals surface area contributed by atoms with Crippen LogP contribution in [0.15, 0.2) is 32.0 Å². The van der Waals surface area contributed by atoms with Crippen LogP contribution in [0.4, 0.5) is 0 Å². The summed E-state index contributed by atoms with van der Waals surface area (Å²) >= 11 is 6.60. The van der Waals surface area contributed by atoms with E-state index in [1.807, 2.05) is 0 Å².